The lowest BCUT2D eigenvalue weighted by Crippen LogP contribution is -2.66. The summed E-state index contributed by atoms with van der Waals surface area (Å²) in [6, 6.07) is 7.71. The summed E-state index contributed by atoms with van der Waals surface area (Å²) >= 11 is 0. The fourth-order valence-corrected chi connectivity index (χ4v) is 8.38. The van der Waals surface area contributed by atoms with Gasteiger partial charge in [-0.1, -0.05) is 109 Å². The molecule has 1 aromatic carbocycles. The Morgan fingerprint density at radius 1 is 0.887 bits per heavy atom. The Balaban J connectivity index is 1.57. The highest BCUT2D eigenvalue weighted by molar-refractivity contribution is 5.93. The van der Waals surface area contributed by atoms with E-state index < -0.39 is 24.2 Å². The number of nitrogens with zero attached hydrogens (tertiary/aromatic N) is 4. The van der Waals surface area contributed by atoms with Gasteiger partial charge in [0.2, 0.25) is 17.7 Å². The maximum Gasteiger partial charge on any atom is 0.320 e. The van der Waals surface area contributed by atoms with Crippen molar-refractivity contribution in [2.45, 2.75) is 135 Å². The van der Waals surface area contributed by atoms with E-state index in [0.29, 0.717) is 51.4 Å². The molecule has 53 heavy (non-hydrogen) atoms. The van der Waals surface area contributed by atoms with Crippen LogP contribution in [0.1, 0.15) is 110 Å². The number of rotatable bonds is 18. The molecule has 5 atom stereocenters. The van der Waals surface area contributed by atoms with Gasteiger partial charge in [-0.3, -0.25) is 14.4 Å². The number of aliphatic hydroxyl groups excluding tert-OH is 1. The number of benzene rings is 1. The maximum absolute atomic E-state index is 14.7. The van der Waals surface area contributed by atoms with Crippen molar-refractivity contribution in [3.8, 4) is 0 Å². The predicted octanol–water partition coefficient (Wildman–Crippen LogP) is 5.06. The predicted molar refractivity (Wildman–Crippen MR) is 210 cm³/mol. The van der Waals surface area contributed by atoms with Crippen LogP contribution >= 0.6 is 0 Å². The molecule has 0 spiro atoms. The van der Waals surface area contributed by atoms with E-state index in [4.69, 9.17) is 0 Å². The van der Waals surface area contributed by atoms with Crippen LogP contribution in [0.25, 0.3) is 0 Å². The van der Waals surface area contributed by atoms with Crippen molar-refractivity contribution in [1.29, 1.82) is 0 Å². The SMILES string of the molecule is CCCCNC(=O)[C@@H](C[C@H](O)[C@H](CC1CCCCC1)NC(=O)[C@H](CCCC)N1CCN(C(=O)N2CCN(C)CC2)[C@H](Cc2ccccc2)C1=O)C(C)C. The number of piperazine rings is 2. The number of hydrogen-bond donors (Lipinski definition) is 3. The van der Waals surface area contributed by atoms with Crippen LogP contribution in [0.3, 0.4) is 0 Å². The highest BCUT2D eigenvalue weighted by Crippen LogP contribution is 2.30. The second-order valence-corrected chi connectivity index (χ2v) is 16.3. The molecule has 1 aromatic rings. The molecule has 1 saturated carbocycles. The molecule has 298 valence electrons. The normalized spacial score (nSPS) is 21.3. The first kappa shape index (κ1) is 42.6. The highest BCUT2D eigenvalue weighted by atomic mass is 16.3. The van der Waals surface area contributed by atoms with Crippen LogP contribution in [-0.2, 0) is 20.8 Å². The quantitative estimate of drug-likeness (QED) is 0.181. The van der Waals surface area contributed by atoms with Crippen LogP contribution in [-0.4, -0.2) is 126 Å². The van der Waals surface area contributed by atoms with Gasteiger partial charge < -0.3 is 35.3 Å². The number of hydrogen-bond acceptors (Lipinski definition) is 6. The molecule has 2 heterocycles. The van der Waals surface area contributed by atoms with E-state index in [1.165, 1.54) is 6.42 Å². The van der Waals surface area contributed by atoms with Gasteiger partial charge in [-0.2, -0.15) is 0 Å². The van der Waals surface area contributed by atoms with Crippen molar-refractivity contribution < 1.29 is 24.3 Å². The molecule has 0 bridgehead atoms. The van der Waals surface area contributed by atoms with Crippen molar-refractivity contribution >= 4 is 23.8 Å². The molecule has 1 aliphatic carbocycles. The molecule has 0 radical (unpaired) electrons. The van der Waals surface area contributed by atoms with E-state index in [1.54, 1.807) is 9.80 Å². The zero-order valence-corrected chi connectivity index (χ0v) is 33.4. The maximum atomic E-state index is 14.7. The summed E-state index contributed by atoms with van der Waals surface area (Å²) in [5.41, 5.74) is 0.965. The monoisotopic (exact) mass is 739 g/mol. The summed E-state index contributed by atoms with van der Waals surface area (Å²) in [5, 5.41) is 18.2. The van der Waals surface area contributed by atoms with E-state index in [1.807, 2.05) is 49.1 Å². The lowest BCUT2D eigenvalue weighted by molar-refractivity contribution is -0.149. The highest BCUT2D eigenvalue weighted by Gasteiger charge is 2.44. The second-order valence-electron chi connectivity index (χ2n) is 16.3. The molecule has 0 unspecified atom stereocenters. The summed E-state index contributed by atoms with van der Waals surface area (Å²) in [6.07, 6.45) is 10.0. The van der Waals surface area contributed by atoms with Gasteiger partial charge >= 0.3 is 6.03 Å². The number of carbonyl (C=O) groups excluding carboxylic acids is 4. The first-order chi connectivity index (χ1) is 25.5. The third-order valence-corrected chi connectivity index (χ3v) is 11.9. The molecular weight excluding hydrogens is 668 g/mol. The summed E-state index contributed by atoms with van der Waals surface area (Å²) in [7, 11) is 2.05. The van der Waals surface area contributed by atoms with Gasteiger partial charge in [0.15, 0.2) is 0 Å². The van der Waals surface area contributed by atoms with Crippen LogP contribution in [0.5, 0.6) is 0 Å². The molecule has 3 fully saturated rings. The number of urea groups is 1. The molecule has 4 rings (SSSR count). The summed E-state index contributed by atoms with van der Waals surface area (Å²) in [6.45, 7) is 12.2. The van der Waals surface area contributed by atoms with Gasteiger partial charge in [0, 0.05) is 58.2 Å². The third kappa shape index (κ3) is 12.4. The largest absolute Gasteiger partial charge is 0.391 e. The van der Waals surface area contributed by atoms with Crippen LogP contribution < -0.4 is 10.6 Å². The Kier molecular flexibility index (Phi) is 17.4. The number of unbranched alkanes of at least 4 members (excludes halogenated alkanes) is 2. The molecule has 11 nitrogen and oxygen atoms in total. The van der Waals surface area contributed by atoms with Crippen molar-refractivity contribution in [1.82, 2.24) is 30.2 Å². The minimum Gasteiger partial charge on any atom is -0.391 e. The lowest BCUT2D eigenvalue weighted by Gasteiger charge is -2.46. The zero-order chi connectivity index (χ0) is 38.3. The molecule has 2 saturated heterocycles. The lowest BCUT2D eigenvalue weighted by atomic mass is 9.81. The Morgan fingerprint density at radius 3 is 2.21 bits per heavy atom. The average molecular weight is 739 g/mol. The fraction of sp³-hybridized carbons (Fsp3) is 0.762. The van der Waals surface area contributed by atoms with Gasteiger partial charge in [0.1, 0.15) is 12.1 Å². The van der Waals surface area contributed by atoms with Gasteiger partial charge in [0.05, 0.1) is 12.1 Å². The average Bonchev–Trinajstić information content (AvgIpc) is 3.15. The zero-order valence-electron chi connectivity index (χ0n) is 33.4. The first-order valence-electron chi connectivity index (χ1n) is 20.9. The smallest absolute Gasteiger partial charge is 0.320 e. The van der Waals surface area contributed by atoms with E-state index in [9.17, 15) is 24.3 Å². The molecule has 3 aliphatic rings. The number of aliphatic hydroxyl groups is 1. The summed E-state index contributed by atoms with van der Waals surface area (Å²) < 4.78 is 0. The molecule has 2 aliphatic heterocycles. The van der Waals surface area contributed by atoms with Gasteiger partial charge in [-0.15, -0.1) is 0 Å². The molecule has 11 heteroatoms. The number of amides is 5. The fourth-order valence-electron chi connectivity index (χ4n) is 8.38. The van der Waals surface area contributed by atoms with Gasteiger partial charge in [0.25, 0.3) is 0 Å². The van der Waals surface area contributed by atoms with E-state index in [0.717, 1.165) is 70.0 Å². The molecule has 5 amide bonds. The minimum absolute atomic E-state index is 0.0265. The van der Waals surface area contributed by atoms with Gasteiger partial charge in [-0.25, -0.2) is 4.79 Å². The van der Waals surface area contributed by atoms with Crippen molar-refractivity contribution in [3.63, 3.8) is 0 Å². The first-order valence-corrected chi connectivity index (χ1v) is 20.9. The van der Waals surface area contributed by atoms with Crippen molar-refractivity contribution in [2.24, 2.45) is 17.8 Å². The van der Waals surface area contributed by atoms with Crippen LogP contribution in [0.2, 0.25) is 0 Å². The second kappa shape index (κ2) is 21.6. The minimum atomic E-state index is -0.906. The van der Waals surface area contributed by atoms with E-state index in [-0.39, 0.29) is 48.6 Å². The van der Waals surface area contributed by atoms with Crippen LogP contribution in [0.15, 0.2) is 30.3 Å². The summed E-state index contributed by atoms with van der Waals surface area (Å²) in [5.74, 6) is -0.470. The number of carbonyl (C=O) groups is 4. The number of nitrogens with one attached hydrogen (secondary N) is 2. The Morgan fingerprint density at radius 2 is 1.57 bits per heavy atom. The summed E-state index contributed by atoms with van der Waals surface area (Å²) in [4.78, 5) is 64.0. The topological polar surface area (TPSA) is 126 Å². The van der Waals surface area contributed by atoms with Crippen LogP contribution in [0, 0.1) is 17.8 Å². The van der Waals surface area contributed by atoms with E-state index >= 15 is 0 Å². The van der Waals surface area contributed by atoms with Gasteiger partial charge in [-0.05, 0) is 50.1 Å². The Hall–Kier alpha value is -3.18. The molecule has 3 N–H and O–H groups in total. The number of likely N-dealkylation sites (N-methyl/N-ethyl adjacent to an activating group) is 1. The van der Waals surface area contributed by atoms with Crippen molar-refractivity contribution in [2.75, 3.05) is 52.9 Å². The third-order valence-electron chi connectivity index (χ3n) is 11.9. The van der Waals surface area contributed by atoms with Crippen LogP contribution in [0.4, 0.5) is 4.79 Å². The Labute approximate surface area is 319 Å². The van der Waals surface area contributed by atoms with Crippen molar-refractivity contribution in [3.05, 3.63) is 35.9 Å². The van der Waals surface area contributed by atoms with E-state index in [2.05, 4.69) is 36.4 Å². The molecular formula is C42H70N6O5. The Bertz CT molecular complexity index is 1280. The molecule has 0 aromatic heterocycles. The standard InChI is InChI=1S/C42H70N6O5/c1-6-8-20-36(40(51)44-35(28-32-16-12-10-13-17-32)38(49)30-34(31(3)4)39(50)43-21-9-7-2)47-26-27-48(42(53)46-24-22-45(5)23-25-46)37(41(47)52)29-33-18-14-11-15-19-33/h11,14-15,18-19,31-32,34-38,49H,6-10,12-13,16-17,20-30H2,1-5H3,(H,43,50)(H,44,51)/t34-,35-,36-,37+,38-/m0/s1.